The van der Waals surface area contributed by atoms with Crippen molar-refractivity contribution in [2.45, 2.75) is 39.7 Å². The number of hydrogen-bond acceptors (Lipinski definition) is 3. The Bertz CT molecular complexity index is 564. The van der Waals surface area contributed by atoms with Gasteiger partial charge in [-0.2, -0.15) is 0 Å². The van der Waals surface area contributed by atoms with Crippen molar-refractivity contribution in [3.63, 3.8) is 0 Å². The van der Waals surface area contributed by atoms with Crippen LogP contribution in [0.15, 0.2) is 30.3 Å². The molecule has 20 heavy (non-hydrogen) atoms. The van der Waals surface area contributed by atoms with Crippen LogP contribution in [0.4, 0.5) is 5.69 Å². The maximum atomic E-state index is 9.42. The fourth-order valence-corrected chi connectivity index (χ4v) is 2.86. The Morgan fingerprint density at radius 2 is 1.90 bits per heavy atom. The molecule has 1 heterocycles. The van der Waals surface area contributed by atoms with Crippen molar-refractivity contribution in [1.29, 1.82) is 0 Å². The molecule has 0 bridgehead atoms. The van der Waals surface area contributed by atoms with Crippen LogP contribution in [0.5, 0.6) is 0 Å². The summed E-state index contributed by atoms with van der Waals surface area (Å²) in [5.74, 6) is 0. The summed E-state index contributed by atoms with van der Waals surface area (Å²) < 4.78 is 0. The SMILES string of the molecule is CCC(CC)N(CCO)c1cc(C)nc2ccccc12. The molecular weight excluding hydrogens is 248 g/mol. The van der Waals surface area contributed by atoms with E-state index in [1.54, 1.807) is 0 Å². The molecule has 0 radical (unpaired) electrons. The molecule has 0 aliphatic carbocycles. The minimum absolute atomic E-state index is 0.173. The fourth-order valence-electron chi connectivity index (χ4n) is 2.86. The molecular formula is C17H24N2O. The van der Waals surface area contributed by atoms with Crippen LogP contribution in [0.1, 0.15) is 32.4 Å². The van der Waals surface area contributed by atoms with Gasteiger partial charge in [-0.3, -0.25) is 4.98 Å². The molecule has 1 aromatic heterocycles. The van der Waals surface area contributed by atoms with E-state index in [0.29, 0.717) is 12.6 Å². The molecule has 1 N–H and O–H groups in total. The van der Waals surface area contributed by atoms with Crippen LogP contribution in [-0.4, -0.2) is 29.3 Å². The lowest BCUT2D eigenvalue weighted by Crippen LogP contribution is -2.37. The Labute approximate surface area is 121 Å². The second kappa shape index (κ2) is 6.71. The number of pyridine rings is 1. The van der Waals surface area contributed by atoms with E-state index in [4.69, 9.17) is 0 Å². The van der Waals surface area contributed by atoms with Crippen LogP contribution in [0.25, 0.3) is 10.9 Å². The van der Waals surface area contributed by atoms with Crippen molar-refractivity contribution >= 4 is 16.6 Å². The van der Waals surface area contributed by atoms with Crippen LogP contribution >= 0.6 is 0 Å². The summed E-state index contributed by atoms with van der Waals surface area (Å²) in [5, 5.41) is 10.6. The molecule has 0 saturated heterocycles. The van der Waals surface area contributed by atoms with E-state index in [2.05, 4.69) is 41.9 Å². The van der Waals surface area contributed by atoms with Crippen molar-refractivity contribution in [3.8, 4) is 0 Å². The second-order valence-electron chi connectivity index (χ2n) is 5.19. The smallest absolute Gasteiger partial charge is 0.0726 e. The molecule has 0 spiro atoms. The Hall–Kier alpha value is -1.61. The molecule has 1 aromatic carbocycles. The van der Waals surface area contributed by atoms with E-state index in [-0.39, 0.29) is 6.61 Å². The van der Waals surface area contributed by atoms with Gasteiger partial charge >= 0.3 is 0 Å². The number of aliphatic hydroxyl groups is 1. The monoisotopic (exact) mass is 272 g/mol. The summed E-state index contributed by atoms with van der Waals surface area (Å²) in [7, 11) is 0. The molecule has 0 saturated carbocycles. The van der Waals surface area contributed by atoms with Gasteiger partial charge in [0.1, 0.15) is 0 Å². The Morgan fingerprint density at radius 1 is 1.20 bits per heavy atom. The Kier molecular flexibility index (Phi) is 4.96. The number of para-hydroxylation sites is 1. The van der Waals surface area contributed by atoms with Crippen LogP contribution in [0.3, 0.4) is 0 Å². The lowest BCUT2D eigenvalue weighted by atomic mass is 10.1. The van der Waals surface area contributed by atoms with Gasteiger partial charge in [0.15, 0.2) is 0 Å². The molecule has 0 amide bonds. The Balaban J connectivity index is 2.57. The number of anilines is 1. The number of nitrogens with zero attached hydrogens (tertiary/aromatic N) is 2. The summed E-state index contributed by atoms with van der Waals surface area (Å²) in [6.45, 7) is 7.27. The maximum absolute atomic E-state index is 9.42. The first-order chi connectivity index (χ1) is 9.71. The number of aliphatic hydroxyl groups excluding tert-OH is 1. The van der Waals surface area contributed by atoms with E-state index in [9.17, 15) is 5.11 Å². The van der Waals surface area contributed by atoms with E-state index >= 15 is 0 Å². The third-order valence-corrected chi connectivity index (χ3v) is 3.86. The van der Waals surface area contributed by atoms with Gasteiger partial charge < -0.3 is 10.0 Å². The normalized spacial score (nSPS) is 11.2. The standard InChI is InChI=1S/C17H24N2O/c1-4-14(5-2)19(10-11-20)17-12-13(3)18-16-9-7-6-8-15(16)17/h6-9,12,14,20H,4-5,10-11H2,1-3H3. The topological polar surface area (TPSA) is 36.4 Å². The number of benzene rings is 1. The molecule has 0 fully saturated rings. The zero-order valence-electron chi connectivity index (χ0n) is 12.6. The first-order valence-electron chi connectivity index (χ1n) is 7.45. The third-order valence-electron chi connectivity index (χ3n) is 3.86. The average molecular weight is 272 g/mol. The highest BCUT2D eigenvalue weighted by Gasteiger charge is 2.18. The number of aryl methyl sites for hydroxylation is 1. The minimum atomic E-state index is 0.173. The highest BCUT2D eigenvalue weighted by atomic mass is 16.3. The van der Waals surface area contributed by atoms with Gasteiger partial charge in [-0.25, -0.2) is 0 Å². The lowest BCUT2D eigenvalue weighted by molar-refractivity contribution is 0.296. The first kappa shape index (κ1) is 14.8. The number of rotatable bonds is 6. The first-order valence-corrected chi connectivity index (χ1v) is 7.45. The van der Waals surface area contributed by atoms with Crippen molar-refractivity contribution in [2.24, 2.45) is 0 Å². The van der Waals surface area contributed by atoms with Gasteiger partial charge in [0.05, 0.1) is 12.1 Å². The van der Waals surface area contributed by atoms with Gasteiger partial charge in [0.2, 0.25) is 0 Å². The Morgan fingerprint density at radius 3 is 2.55 bits per heavy atom. The second-order valence-corrected chi connectivity index (χ2v) is 5.19. The summed E-state index contributed by atoms with van der Waals surface area (Å²) in [6.07, 6.45) is 2.15. The zero-order valence-corrected chi connectivity index (χ0v) is 12.6. The summed E-state index contributed by atoms with van der Waals surface area (Å²) in [5.41, 5.74) is 3.24. The van der Waals surface area contributed by atoms with Crippen LogP contribution in [0.2, 0.25) is 0 Å². The van der Waals surface area contributed by atoms with Gasteiger partial charge in [0, 0.05) is 29.4 Å². The highest BCUT2D eigenvalue weighted by molar-refractivity contribution is 5.92. The lowest BCUT2D eigenvalue weighted by Gasteiger charge is -2.33. The predicted octanol–water partition coefficient (Wildman–Crippen LogP) is 3.53. The van der Waals surface area contributed by atoms with Gasteiger partial charge in [-0.15, -0.1) is 0 Å². The molecule has 3 heteroatoms. The summed E-state index contributed by atoms with van der Waals surface area (Å²) >= 11 is 0. The van der Waals surface area contributed by atoms with Crippen LogP contribution in [-0.2, 0) is 0 Å². The van der Waals surface area contributed by atoms with E-state index in [0.717, 1.165) is 24.1 Å². The quantitative estimate of drug-likeness (QED) is 0.874. The molecule has 3 nitrogen and oxygen atoms in total. The maximum Gasteiger partial charge on any atom is 0.0726 e. The number of fused-ring (bicyclic) bond motifs is 1. The molecule has 0 aliphatic rings. The summed E-state index contributed by atoms with van der Waals surface area (Å²) in [6, 6.07) is 10.8. The van der Waals surface area contributed by atoms with Crippen molar-refractivity contribution < 1.29 is 5.11 Å². The minimum Gasteiger partial charge on any atom is -0.395 e. The van der Waals surface area contributed by atoms with Crippen molar-refractivity contribution in [1.82, 2.24) is 4.98 Å². The largest absolute Gasteiger partial charge is 0.395 e. The van der Waals surface area contributed by atoms with Gasteiger partial charge in [-0.05, 0) is 31.9 Å². The number of hydrogen-bond donors (Lipinski definition) is 1. The predicted molar refractivity (Wildman–Crippen MR) is 85.3 cm³/mol. The molecule has 108 valence electrons. The van der Waals surface area contributed by atoms with Crippen LogP contribution < -0.4 is 4.90 Å². The van der Waals surface area contributed by atoms with E-state index < -0.39 is 0 Å². The molecule has 0 unspecified atom stereocenters. The van der Waals surface area contributed by atoms with E-state index in [1.165, 1.54) is 11.1 Å². The molecule has 2 aromatic rings. The molecule has 2 rings (SSSR count). The van der Waals surface area contributed by atoms with Crippen molar-refractivity contribution in [2.75, 3.05) is 18.1 Å². The zero-order chi connectivity index (χ0) is 14.5. The highest BCUT2D eigenvalue weighted by Crippen LogP contribution is 2.29. The number of aromatic nitrogens is 1. The third kappa shape index (κ3) is 2.93. The van der Waals surface area contributed by atoms with Gasteiger partial charge in [0.25, 0.3) is 0 Å². The summed E-state index contributed by atoms with van der Waals surface area (Å²) in [4.78, 5) is 6.93. The van der Waals surface area contributed by atoms with E-state index in [1.807, 2.05) is 19.1 Å². The van der Waals surface area contributed by atoms with Gasteiger partial charge in [-0.1, -0.05) is 32.0 Å². The average Bonchev–Trinajstić information content (AvgIpc) is 2.46. The fraction of sp³-hybridized carbons (Fsp3) is 0.471. The molecule has 0 atom stereocenters. The van der Waals surface area contributed by atoms with Crippen LogP contribution in [0, 0.1) is 6.92 Å². The molecule has 0 aliphatic heterocycles. The van der Waals surface area contributed by atoms with Crippen molar-refractivity contribution in [3.05, 3.63) is 36.0 Å².